The first kappa shape index (κ1) is 15.3. The first-order valence-electron chi connectivity index (χ1n) is 6.91. The van der Waals surface area contributed by atoms with E-state index in [4.69, 9.17) is 27.9 Å². The van der Waals surface area contributed by atoms with Crippen LogP contribution in [-0.2, 0) is 27.8 Å². The van der Waals surface area contributed by atoms with E-state index in [0.717, 1.165) is 16.8 Å². The molecular weight excluding hydrogens is 323 g/mol. The van der Waals surface area contributed by atoms with Crippen LogP contribution < -0.4 is 0 Å². The highest BCUT2D eigenvalue weighted by Crippen LogP contribution is 2.41. The first-order valence-corrected chi connectivity index (χ1v) is 7.67. The SMILES string of the molecule is COC(=O)[C@@]1(c2ccccc2)CCc2nc(Cl)nc(Cl)c2C1. The Kier molecular flexibility index (Phi) is 4.06. The molecule has 22 heavy (non-hydrogen) atoms. The van der Waals surface area contributed by atoms with Gasteiger partial charge in [0.2, 0.25) is 5.28 Å². The Morgan fingerprint density at radius 1 is 1.23 bits per heavy atom. The number of esters is 1. The largest absolute Gasteiger partial charge is 0.468 e. The highest BCUT2D eigenvalue weighted by Gasteiger charge is 2.45. The minimum absolute atomic E-state index is 0.133. The van der Waals surface area contributed by atoms with Crippen LogP contribution in [0.4, 0.5) is 0 Å². The fraction of sp³-hybridized carbons (Fsp3) is 0.312. The van der Waals surface area contributed by atoms with E-state index in [0.29, 0.717) is 24.4 Å². The van der Waals surface area contributed by atoms with Crippen LogP contribution in [0.25, 0.3) is 0 Å². The van der Waals surface area contributed by atoms with Gasteiger partial charge in [0.05, 0.1) is 18.2 Å². The predicted molar refractivity (Wildman–Crippen MR) is 84.2 cm³/mol. The summed E-state index contributed by atoms with van der Waals surface area (Å²) in [6, 6.07) is 9.62. The average molecular weight is 337 g/mol. The van der Waals surface area contributed by atoms with Gasteiger partial charge in [-0.25, -0.2) is 9.97 Å². The monoisotopic (exact) mass is 336 g/mol. The number of benzene rings is 1. The first-order chi connectivity index (χ1) is 10.6. The molecule has 0 N–H and O–H groups in total. The normalized spacial score (nSPS) is 20.3. The number of aryl methyl sites for hydroxylation is 1. The van der Waals surface area contributed by atoms with Crippen LogP contribution in [0.5, 0.6) is 0 Å². The number of methoxy groups -OCH3 is 1. The molecule has 6 heteroatoms. The number of carbonyl (C=O) groups excluding carboxylic acids is 1. The molecule has 0 saturated heterocycles. The smallest absolute Gasteiger partial charge is 0.316 e. The van der Waals surface area contributed by atoms with Crippen LogP contribution >= 0.6 is 23.2 Å². The molecule has 0 saturated carbocycles. The molecule has 0 amide bonds. The lowest BCUT2D eigenvalue weighted by molar-refractivity contribution is -0.148. The Balaban J connectivity index is 2.12. The number of carbonyl (C=O) groups is 1. The van der Waals surface area contributed by atoms with Gasteiger partial charge in [-0.15, -0.1) is 0 Å². The molecule has 0 radical (unpaired) electrons. The van der Waals surface area contributed by atoms with Crippen molar-refractivity contribution < 1.29 is 9.53 Å². The van der Waals surface area contributed by atoms with Crippen LogP contribution in [0, 0.1) is 0 Å². The molecular formula is C16H14Cl2N2O2. The van der Waals surface area contributed by atoms with E-state index in [1.54, 1.807) is 0 Å². The quantitative estimate of drug-likeness (QED) is 0.479. The molecule has 3 rings (SSSR count). The van der Waals surface area contributed by atoms with Gasteiger partial charge in [-0.2, -0.15) is 0 Å². The summed E-state index contributed by atoms with van der Waals surface area (Å²) in [7, 11) is 1.41. The third-order valence-electron chi connectivity index (χ3n) is 4.18. The Morgan fingerprint density at radius 3 is 2.64 bits per heavy atom. The molecule has 0 unspecified atom stereocenters. The fourth-order valence-electron chi connectivity index (χ4n) is 3.07. The van der Waals surface area contributed by atoms with Crippen molar-refractivity contribution in [2.75, 3.05) is 7.11 Å². The predicted octanol–water partition coefficient (Wildman–Crippen LogP) is 3.38. The molecule has 0 bridgehead atoms. The van der Waals surface area contributed by atoms with Crippen molar-refractivity contribution in [1.29, 1.82) is 0 Å². The molecule has 1 aromatic carbocycles. The standard InChI is InChI=1S/C16H14Cl2N2O2/c1-22-14(21)16(10-5-3-2-4-6-10)8-7-12-11(9-16)13(17)20-15(18)19-12/h2-6H,7-9H2,1H3/t16-/m0/s1. The third kappa shape index (κ3) is 2.46. The second-order valence-corrected chi connectivity index (χ2v) is 6.02. The van der Waals surface area contributed by atoms with Crippen LogP contribution in [0.15, 0.2) is 30.3 Å². The summed E-state index contributed by atoms with van der Waals surface area (Å²) >= 11 is 12.1. The highest BCUT2D eigenvalue weighted by molar-refractivity contribution is 6.32. The summed E-state index contributed by atoms with van der Waals surface area (Å²) in [4.78, 5) is 20.8. The number of ether oxygens (including phenoxy) is 1. The third-order valence-corrected chi connectivity index (χ3v) is 4.67. The molecule has 114 valence electrons. The van der Waals surface area contributed by atoms with Gasteiger partial charge in [0.25, 0.3) is 0 Å². The zero-order valence-electron chi connectivity index (χ0n) is 12.0. The molecule has 1 heterocycles. The molecule has 1 aliphatic rings. The van der Waals surface area contributed by atoms with Gasteiger partial charge in [0, 0.05) is 5.56 Å². The molecule has 4 nitrogen and oxygen atoms in total. The number of nitrogens with zero attached hydrogens (tertiary/aromatic N) is 2. The van der Waals surface area contributed by atoms with Crippen molar-refractivity contribution in [2.45, 2.75) is 24.7 Å². The zero-order valence-corrected chi connectivity index (χ0v) is 13.5. The molecule has 0 spiro atoms. The molecule has 1 aromatic heterocycles. The van der Waals surface area contributed by atoms with E-state index < -0.39 is 5.41 Å². The van der Waals surface area contributed by atoms with E-state index in [2.05, 4.69) is 9.97 Å². The van der Waals surface area contributed by atoms with Crippen LogP contribution in [-0.4, -0.2) is 23.0 Å². The second-order valence-electron chi connectivity index (χ2n) is 5.33. The maximum absolute atomic E-state index is 12.5. The summed E-state index contributed by atoms with van der Waals surface area (Å²) in [5.74, 6) is -0.268. The fourth-order valence-corrected chi connectivity index (χ4v) is 3.55. The molecule has 0 fully saturated rings. The van der Waals surface area contributed by atoms with Crippen molar-refractivity contribution in [3.63, 3.8) is 0 Å². The molecule has 0 aliphatic heterocycles. The van der Waals surface area contributed by atoms with Gasteiger partial charge in [-0.05, 0) is 36.4 Å². The van der Waals surface area contributed by atoms with Crippen LogP contribution in [0.3, 0.4) is 0 Å². The number of fused-ring (bicyclic) bond motifs is 1. The number of aromatic nitrogens is 2. The Hall–Kier alpha value is -1.65. The van der Waals surface area contributed by atoms with Crippen LogP contribution in [0.2, 0.25) is 10.4 Å². The van der Waals surface area contributed by atoms with Gasteiger partial charge in [0.15, 0.2) is 0 Å². The topological polar surface area (TPSA) is 52.1 Å². The van der Waals surface area contributed by atoms with Gasteiger partial charge in [-0.3, -0.25) is 4.79 Å². The lowest BCUT2D eigenvalue weighted by Gasteiger charge is -2.35. The maximum atomic E-state index is 12.5. The average Bonchev–Trinajstić information content (AvgIpc) is 2.54. The summed E-state index contributed by atoms with van der Waals surface area (Å²) < 4.78 is 5.08. The molecule has 1 aliphatic carbocycles. The Morgan fingerprint density at radius 2 is 1.95 bits per heavy atom. The van der Waals surface area contributed by atoms with Crippen molar-refractivity contribution in [3.8, 4) is 0 Å². The van der Waals surface area contributed by atoms with E-state index in [1.165, 1.54) is 7.11 Å². The number of rotatable bonds is 2. The van der Waals surface area contributed by atoms with Crippen molar-refractivity contribution in [2.24, 2.45) is 0 Å². The minimum atomic E-state index is -0.760. The van der Waals surface area contributed by atoms with Crippen molar-refractivity contribution in [3.05, 3.63) is 57.6 Å². The number of halogens is 2. The van der Waals surface area contributed by atoms with Crippen molar-refractivity contribution >= 4 is 29.2 Å². The zero-order chi connectivity index (χ0) is 15.7. The van der Waals surface area contributed by atoms with Gasteiger partial charge in [0.1, 0.15) is 5.15 Å². The van der Waals surface area contributed by atoms with E-state index in [1.807, 2.05) is 30.3 Å². The molecule has 2 aromatic rings. The van der Waals surface area contributed by atoms with E-state index in [9.17, 15) is 4.79 Å². The Labute approximate surface area is 138 Å². The lowest BCUT2D eigenvalue weighted by Crippen LogP contribution is -2.42. The summed E-state index contributed by atoms with van der Waals surface area (Å²) in [5, 5.41) is 0.438. The molecule has 1 atom stereocenters. The summed E-state index contributed by atoms with van der Waals surface area (Å²) in [6.07, 6.45) is 1.61. The van der Waals surface area contributed by atoms with Gasteiger partial charge < -0.3 is 4.74 Å². The lowest BCUT2D eigenvalue weighted by atomic mass is 9.68. The van der Waals surface area contributed by atoms with Gasteiger partial charge in [-0.1, -0.05) is 41.9 Å². The number of hydrogen-bond acceptors (Lipinski definition) is 4. The second kappa shape index (κ2) is 5.86. The van der Waals surface area contributed by atoms with Crippen LogP contribution in [0.1, 0.15) is 23.2 Å². The summed E-state index contributed by atoms with van der Waals surface area (Å²) in [6.45, 7) is 0. The number of hydrogen-bond donors (Lipinski definition) is 0. The highest BCUT2D eigenvalue weighted by atomic mass is 35.5. The van der Waals surface area contributed by atoms with E-state index in [-0.39, 0.29) is 11.3 Å². The maximum Gasteiger partial charge on any atom is 0.316 e. The van der Waals surface area contributed by atoms with Crippen molar-refractivity contribution in [1.82, 2.24) is 9.97 Å². The van der Waals surface area contributed by atoms with Gasteiger partial charge >= 0.3 is 5.97 Å². The summed E-state index contributed by atoms with van der Waals surface area (Å²) in [5.41, 5.74) is 1.73. The minimum Gasteiger partial charge on any atom is -0.468 e. The van der Waals surface area contributed by atoms with E-state index >= 15 is 0 Å². The Bertz CT molecular complexity index is 722.